The first kappa shape index (κ1) is 19.7. The molecule has 138 valence electrons. The van der Waals surface area contributed by atoms with E-state index in [0.29, 0.717) is 23.3 Å². The monoisotopic (exact) mass is 363 g/mol. The predicted molar refractivity (Wildman–Crippen MR) is 102 cm³/mol. The van der Waals surface area contributed by atoms with Crippen molar-refractivity contribution in [1.29, 1.82) is 0 Å². The van der Waals surface area contributed by atoms with Crippen LogP contribution in [0.3, 0.4) is 0 Å². The normalized spacial score (nSPS) is 12.8. The van der Waals surface area contributed by atoms with Gasteiger partial charge in [0.05, 0.1) is 6.42 Å². The minimum atomic E-state index is 0.0367. The molecule has 0 saturated heterocycles. The molecule has 0 aliphatic heterocycles. The number of fused-ring (bicyclic) bond motifs is 1. The number of aryl methyl sites for hydroxylation is 2. The molecule has 2 aromatic heterocycles. The molecule has 0 radical (unpaired) electrons. The van der Waals surface area contributed by atoms with Crippen LogP contribution in [0, 0.1) is 19.8 Å². The van der Waals surface area contributed by atoms with Crippen molar-refractivity contribution in [3.8, 4) is 0 Å². The van der Waals surface area contributed by atoms with E-state index in [2.05, 4.69) is 41.2 Å². The summed E-state index contributed by atoms with van der Waals surface area (Å²) in [7, 11) is 0. The number of nitrogens with one attached hydrogen (secondary N) is 1. The fourth-order valence-corrected chi connectivity index (χ4v) is 3.26. The van der Waals surface area contributed by atoms with Gasteiger partial charge < -0.3 is 5.32 Å². The lowest BCUT2D eigenvalue weighted by Gasteiger charge is -2.16. The van der Waals surface area contributed by atoms with Gasteiger partial charge in [0.2, 0.25) is 11.1 Å². The van der Waals surface area contributed by atoms with Crippen molar-refractivity contribution in [1.82, 2.24) is 24.9 Å². The number of hydrogen-bond acceptors (Lipinski definition) is 5. The first-order valence-electron chi connectivity index (χ1n) is 8.88. The van der Waals surface area contributed by atoms with Crippen LogP contribution in [0.25, 0.3) is 5.78 Å². The van der Waals surface area contributed by atoms with Crippen molar-refractivity contribution < 1.29 is 4.79 Å². The summed E-state index contributed by atoms with van der Waals surface area (Å²) >= 11 is 1.48. The lowest BCUT2D eigenvalue weighted by molar-refractivity contribution is -0.121. The van der Waals surface area contributed by atoms with Crippen LogP contribution in [0.1, 0.15) is 57.0 Å². The lowest BCUT2D eigenvalue weighted by atomic mass is 10.0. The number of nitrogens with zero attached hydrogens (tertiary/aromatic N) is 4. The lowest BCUT2D eigenvalue weighted by Crippen LogP contribution is -2.34. The van der Waals surface area contributed by atoms with E-state index in [1.165, 1.54) is 18.2 Å². The Balaban J connectivity index is 2.05. The molecule has 2 rings (SSSR count). The molecule has 2 aromatic rings. The van der Waals surface area contributed by atoms with Crippen LogP contribution in [-0.4, -0.2) is 37.8 Å². The molecule has 6 nitrogen and oxygen atoms in total. The zero-order valence-corrected chi connectivity index (χ0v) is 16.9. The first-order chi connectivity index (χ1) is 11.8. The third-order valence-corrected chi connectivity index (χ3v) is 4.91. The van der Waals surface area contributed by atoms with Crippen LogP contribution in [-0.2, 0) is 11.2 Å². The quantitative estimate of drug-likeness (QED) is 0.728. The van der Waals surface area contributed by atoms with E-state index in [4.69, 9.17) is 0 Å². The van der Waals surface area contributed by atoms with E-state index in [1.54, 1.807) is 4.52 Å². The molecule has 7 heteroatoms. The van der Waals surface area contributed by atoms with Gasteiger partial charge in [0.15, 0.2) is 0 Å². The van der Waals surface area contributed by atoms with Crippen molar-refractivity contribution in [2.45, 2.75) is 71.5 Å². The summed E-state index contributed by atoms with van der Waals surface area (Å²) in [6, 6.07) is 0.193. The highest BCUT2D eigenvalue weighted by Crippen LogP contribution is 2.17. The molecule has 25 heavy (non-hydrogen) atoms. The van der Waals surface area contributed by atoms with Crippen molar-refractivity contribution in [3.05, 3.63) is 17.0 Å². The number of thioether (sulfide) groups is 1. The molecule has 1 amide bonds. The molecule has 0 aromatic carbocycles. The Labute approximate surface area is 154 Å². The van der Waals surface area contributed by atoms with Crippen molar-refractivity contribution in [2.75, 3.05) is 6.26 Å². The Hall–Kier alpha value is -1.63. The fourth-order valence-electron chi connectivity index (χ4n) is 2.92. The van der Waals surface area contributed by atoms with Gasteiger partial charge in [-0.15, -0.1) is 5.10 Å². The predicted octanol–water partition coefficient (Wildman–Crippen LogP) is 3.34. The highest BCUT2D eigenvalue weighted by molar-refractivity contribution is 7.98. The number of hydrogen-bond donors (Lipinski definition) is 1. The molecule has 0 spiro atoms. The number of carbonyl (C=O) groups is 1. The molecular weight excluding hydrogens is 334 g/mol. The summed E-state index contributed by atoms with van der Waals surface area (Å²) < 4.78 is 1.73. The van der Waals surface area contributed by atoms with Crippen LogP contribution in [0.5, 0.6) is 0 Å². The summed E-state index contributed by atoms with van der Waals surface area (Å²) in [5.74, 6) is 1.33. The fraction of sp³-hybridized carbons (Fsp3) is 0.667. The Morgan fingerprint density at radius 2 is 1.92 bits per heavy atom. The van der Waals surface area contributed by atoms with E-state index >= 15 is 0 Å². The Bertz CT molecular complexity index is 741. The van der Waals surface area contributed by atoms with Gasteiger partial charge in [-0.1, -0.05) is 38.5 Å². The summed E-state index contributed by atoms with van der Waals surface area (Å²) in [5, 5.41) is 8.23. The van der Waals surface area contributed by atoms with Crippen LogP contribution in [0.15, 0.2) is 5.16 Å². The Morgan fingerprint density at radius 3 is 2.56 bits per heavy atom. The average molecular weight is 364 g/mol. The van der Waals surface area contributed by atoms with Crippen LogP contribution >= 0.6 is 11.8 Å². The number of amides is 1. The molecule has 0 saturated carbocycles. The molecule has 0 aliphatic carbocycles. The van der Waals surface area contributed by atoms with E-state index in [9.17, 15) is 4.79 Å². The van der Waals surface area contributed by atoms with Gasteiger partial charge in [-0.2, -0.15) is 4.98 Å². The van der Waals surface area contributed by atoms with Gasteiger partial charge in [0.1, 0.15) is 0 Å². The van der Waals surface area contributed by atoms with Gasteiger partial charge >= 0.3 is 0 Å². The van der Waals surface area contributed by atoms with Gasteiger partial charge in [0.25, 0.3) is 5.78 Å². The van der Waals surface area contributed by atoms with Gasteiger partial charge in [-0.3, -0.25) is 4.79 Å². The summed E-state index contributed by atoms with van der Waals surface area (Å²) in [6.45, 7) is 10.4. The molecule has 1 N–H and O–H groups in total. The highest BCUT2D eigenvalue weighted by Gasteiger charge is 2.17. The summed E-state index contributed by atoms with van der Waals surface area (Å²) in [5.41, 5.74) is 2.70. The minimum Gasteiger partial charge on any atom is -0.353 e. The van der Waals surface area contributed by atoms with Crippen molar-refractivity contribution in [2.24, 2.45) is 5.92 Å². The number of rotatable bonds is 8. The number of aromatic nitrogens is 4. The molecule has 2 heterocycles. The van der Waals surface area contributed by atoms with Crippen LogP contribution in [0.4, 0.5) is 0 Å². The van der Waals surface area contributed by atoms with Crippen LogP contribution in [0.2, 0.25) is 0 Å². The molecule has 0 fully saturated rings. The maximum Gasteiger partial charge on any atom is 0.253 e. The largest absolute Gasteiger partial charge is 0.353 e. The molecular formula is C18H29N5OS. The zero-order chi connectivity index (χ0) is 18.6. The maximum absolute atomic E-state index is 12.4. The molecule has 1 atom stereocenters. The first-order valence-corrected chi connectivity index (χ1v) is 10.1. The third-order valence-electron chi connectivity index (χ3n) is 4.38. The van der Waals surface area contributed by atoms with Crippen molar-refractivity contribution in [3.63, 3.8) is 0 Å². The topological polar surface area (TPSA) is 72.2 Å². The minimum absolute atomic E-state index is 0.0367. The zero-order valence-electron chi connectivity index (χ0n) is 16.1. The third kappa shape index (κ3) is 5.17. The average Bonchev–Trinajstić information content (AvgIpc) is 2.94. The summed E-state index contributed by atoms with van der Waals surface area (Å²) in [4.78, 5) is 21.3. The van der Waals surface area contributed by atoms with Crippen molar-refractivity contribution >= 4 is 23.4 Å². The van der Waals surface area contributed by atoms with Gasteiger partial charge in [-0.05, 0) is 39.4 Å². The maximum atomic E-state index is 12.4. The van der Waals surface area contributed by atoms with E-state index in [-0.39, 0.29) is 11.9 Å². The summed E-state index contributed by atoms with van der Waals surface area (Å²) in [6.07, 6.45) is 5.61. The van der Waals surface area contributed by atoms with E-state index in [1.807, 2.05) is 20.1 Å². The number of carbonyl (C=O) groups excluding carboxylic acids is 1. The second kappa shape index (κ2) is 8.65. The standard InChI is InChI=1S/C18H29N5OS/c1-11(2)8-7-9-12(3)19-16(24)10-15-13(4)20-17-21-18(25-6)22-23(17)14(15)5/h11-12H,7-10H2,1-6H3,(H,19,24). The molecule has 0 aliphatic rings. The second-order valence-electron chi connectivity index (χ2n) is 7.04. The highest BCUT2D eigenvalue weighted by atomic mass is 32.2. The Kier molecular flexibility index (Phi) is 6.81. The smallest absolute Gasteiger partial charge is 0.253 e. The van der Waals surface area contributed by atoms with Gasteiger partial charge in [0, 0.05) is 23.0 Å². The van der Waals surface area contributed by atoms with E-state index < -0.39 is 0 Å². The molecule has 1 unspecified atom stereocenters. The Morgan fingerprint density at radius 1 is 1.20 bits per heavy atom. The second-order valence-corrected chi connectivity index (χ2v) is 7.81. The van der Waals surface area contributed by atoms with E-state index in [0.717, 1.165) is 29.8 Å². The van der Waals surface area contributed by atoms with Crippen LogP contribution < -0.4 is 5.32 Å². The molecule has 0 bridgehead atoms. The van der Waals surface area contributed by atoms with Gasteiger partial charge in [-0.25, -0.2) is 9.50 Å². The SMILES string of the molecule is CSc1nc2nc(C)c(CC(=O)NC(C)CCCC(C)C)c(C)n2n1.